The van der Waals surface area contributed by atoms with Crippen molar-refractivity contribution in [2.24, 2.45) is 0 Å². The molecule has 17 heavy (non-hydrogen) atoms. The number of rotatable bonds is 6. The van der Waals surface area contributed by atoms with Gasteiger partial charge in [-0.25, -0.2) is 9.97 Å². The van der Waals surface area contributed by atoms with Crippen molar-refractivity contribution in [2.45, 2.75) is 46.6 Å². The van der Waals surface area contributed by atoms with Gasteiger partial charge in [-0.2, -0.15) is 0 Å². The Hall–Kier alpha value is -0.830. The molecule has 4 heteroatoms. The molecule has 0 aliphatic carbocycles. The molecule has 0 aliphatic heterocycles. The number of hydrogen-bond acceptors (Lipinski definition) is 3. The first-order valence-electron chi connectivity index (χ1n) is 6.25. The van der Waals surface area contributed by atoms with Crippen LogP contribution in [0.3, 0.4) is 0 Å². The van der Waals surface area contributed by atoms with Crippen LogP contribution in [0.1, 0.15) is 38.7 Å². The minimum Gasteiger partial charge on any atom is -0.354 e. The van der Waals surface area contributed by atoms with Crippen LogP contribution in [0.2, 0.25) is 0 Å². The highest BCUT2D eigenvalue weighted by Crippen LogP contribution is 2.16. The Morgan fingerprint density at radius 1 is 1.35 bits per heavy atom. The second-order valence-electron chi connectivity index (χ2n) is 4.45. The zero-order chi connectivity index (χ0) is 12.8. The van der Waals surface area contributed by atoms with E-state index in [4.69, 9.17) is 11.6 Å². The Kier molecular flexibility index (Phi) is 5.69. The summed E-state index contributed by atoms with van der Waals surface area (Å²) in [5.74, 6) is 2.55. The van der Waals surface area contributed by atoms with Crippen molar-refractivity contribution < 1.29 is 0 Å². The van der Waals surface area contributed by atoms with Crippen LogP contribution in [0.4, 0.5) is 5.82 Å². The van der Waals surface area contributed by atoms with Crippen LogP contribution < -0.4 is 4.90 Å². The minimum absolute atomic E-state index is 0.428. The fourth-order valence-corrected chi connectivity index (χ4v) is 1.93. The van der Waals surface area contributed by atoms with Gasteiger partial charge < -0.3 is 4.90 Å². The van der Waals surface area contributed by atoms with Gasteiger partial charge in [0.2, 0.25) is 0 Å². The molecule has 0 aromatic carbocycles. The zero-order valence-corrected chi connectivity index (χ0v) is 12.0. The second kappa shape index (κ2) is 6.80. The van der Waals surface area contributed by atoms with E-state index in [0.717, 1.165) is 36.7 Å². The lowest BCUT2D eigenvalue weighted by atomic mass is 10.2. The summed E-state index contributed by atoms with van der Waals surface area (Å²) < 4.78 is 0. The number of halogens is 1. The molecule has 96 valence electrons. The maximum atomic E-state index is 5.77. The van der Waals surface area contributed by atoms with Crippen molar-refractivity contribution in [2.75, 3.05) is 17.3 Å². The van der Waals surface area contributed by atoms with Gasteiger partial charge in [0, 0.05) is 30.2 Å². The number of aryl methyl sites for hydroxylation is 2. The molecule has 1 rings (SSSR count). The minimum atomic E-state index is 0.428. The molecule has 0 N–H and O–H groups in total. The van der Waals surface area contributed by atoms with Gasteiger partial charge in [-0.3, -0.25) is 0 Å². The average Bonchev–Trinajstić information content (AvgIpc) is 2.28. The summed E-state index contributed by atoms with van der Waals surface area (Å²) in [5.41, 5.74) is 1.10. The van der Waals surface area contributed by atoms with Gasteiger partial charge in [0.25, 0.3) is 0 Å². The molecule has 0 aliphatic rings. The molecule has 1 aromatic heterocycles. The van der Waals surface area contributed by atoms with Crippen molar-refractivity contribution in [1.29, 1.82) is 0 Å². The highest BCUT2D eigenvalue weighted by atomic mass is 35.5. The lowest BCUT2D eigenvalue weighted by Crippen LogP contribution is -2.33. The number of anilines is 1. The van der Waals surface area contributed by atoms with Crippen molar-refractivity contribution in [3.8, 4) is 0 Å². The summed E-state index contributed by atoms with van der Waals surface area (Å²) >= 11 is 5.77. The van der Waals surface area contributed by atoms with Gasteiger partial charge in [0.15, 0.2) is 0 Å². The number of hydrogen-bond donors (Lipinski definition) is 0. The topological polar surface area (TPSA) is 29.0 Å². The molecule has 0 fully saturated rings. The predicted octanol–water partition coefficient (Wildman–Crippen LogP) is 3.19. The van der Waals surface area contributed by atoms with E-state index in [1.54, 1.807) is 0 Å². The molecule has 1 aromatic rings. The summed E-state index contributed by atoms with van der Waals surface area (Å²) in [6, 6.07) is 2.51. The summed E-state index contributed by atoms with van der Waals surface area (Å²) in [4.78, 5) is 11.2. The molecular formula is C13H22ClN3. The normalized spacial score (nSPS) is 10.9. The van der Waals surface area contributed by atoms with Crippen LogP contribution in [-0.4, -0.2) is 28.4 Å². The maximum Gasteiger partial charge on any atom is 0.132 e. The smallest absolute Gasteiger partial charge is 0.132 e. The summed E-state index contributed by atoms with van der Waals surface area (Å²) in [6.45, 7) is 9.36. The Bertz CT molecular complexity index is 353. The van der Waals surface area contributed by atoms with E-state index >= 15 is 0 Å². The molecule has 0 unspecified atom stereocenters. The first-order chi connectivity index (χ1) is 8.08. The quantitative estimate of drug-likeness (QED) is 0.731. The number of nitrogens with zero attached hydrogens (tertiary/aromatic N) is 3. The van der Waals surface area contributed by atoms with E-state index in [9.17, 15) is 0 Å². The fraction of sp³-hybridized carbons (Fsp3) is 0.692. The molecule has 0 saturated heterocycles. The molecule has 1 heterocycles. The predicted molar refractivity (Wildman–Crippen MR) is 74.0 cm³/mol. The standard InChI is InChI=1S/C13H22ClN3/c1-5-12-9-13(16-11(4)15-12)17(10(2)3)8-6-7-14/h9-10H,5-8H2,1-4H3. The third-order valence-electron chi connectivity index (χ3n) is 2.69. The van der Waals surface area contributed by atoms with Crippen molar-refractivity contribution in [1.82, 2.24) is 9.97 Å². The van der Waals surface area contributed by atoms with Crippen LogP contribution in [-0.2, 0) is 6.42 Å². The van der Waals surface area contributed by atoms with Crippen LogP contribution in [0.5, 0.6) is 0 Å². The van der Waals surface area contributed by atoms with Gasteiger partial charge in [0.05, 0.1) is 0 Å². The van der Waals surface area contributed by atoms with Crippen molar-refractivity contribution >= 4 is 17.4 Å². The molecule has 0 amide bonds. The fourth-order valence-electron chi connectivity index (χ4n) is 1.81. The largest absolute Gasteiger partial charge is 0.354 e. The molecule has 0 radical (unpaired) electrons. The maximum absolute atomic E-state index is 5.77. The molecular weight excluding hydrogens is 234 g/mol. The molecule has 0 bridgehead atoms. The molecule has 0 atom stereocenters. The van der Waals surface area contributed by atoms with Gasteiger partial charge in [-0.05, 0) is 33.6 Å². The van der Waals surface area contributed by atoms with Crippen LogP contribution >= 0.6 is 11.6 Å². The van der Waals surface area contributed by atoms with E-state index < -0.39 is 0 Å². The first kappa shape index (κ1) is 14.2. The number of aromatic nitrogens is 2. The van der Waals surface area contributed by atoms with E-state index in [0.29, 0.717) is 11.9 Å². The van der Waals surface area contributed by atoms with Crippen LogP contribution in [0.15, 0.2) is 6.07 Å². The van der Waals surface area contributed by atoms with Gasteiger partial charge in [-0.1, -0.05) is 6.92 Å². The monoisotopic (exact) mass is 255 g/mol. The average molecular weight is 256 g/mol. The summed E-state index contributed by atoms with van der Waals surface area (Å²) in [7, 11) is 0. The van der Waals surface area contributed by atoms with Crippen molar-refractivity contribution in [3.63, 3.8) is 0 Å². The SMILES string of the molecule is CCc1cc(N(CCCCl)C(C)C)nc(C)n1. The lowest BCUT2D eigenvalue weighted by Gasteiger charge is -2.28. The third-order valence-corrected chi connectivity index (χ3v) is 2.96. The third kappa shape index (κ3) is 4.15. The highest BCUT2D eigenvalue weighted by molar-refractivity contribution is 6.17. The number of alkyl halides is 1. The van der Waals surface area contributed by atoms with E-state index in [1.165, 1.54) is 0 Å². The lowest BCUT2D eigenvalue weighted by molar-refractivity contribution is 0.659. The van der Waals surface area contributed by atoms with E-state index in [2.05, 4.69) is 41.7 Å². The second-order valence-corrected chi connectivity index (χ2v) is 4.83. The van der Waals surface area contributed by atoms with Crippen molar-refractivity contribution in [3.05, 3.63) is 17.6 Å². The Morgan fingerprint density at radius 3 is 2.59 bits per heavy atom. The van der Waals surface area contributed by atoms with E-state index in [1.807, 2.05) is 6.92 Å². The highest BCUT2D eigenvalue weighted by Gasteiger charge is 2.13. The molecule has 0 saturated carbocycles. The molecule has 3 nitrogen and oxygen atoms in total. The van der Waals surface area contributed by atoms with Crippen LogP contribution in [0, 0.1) is 6.92 Å². The summed E-state index contributed by atoms with van der Waals surface area (Å²) in [6.07, 6.45) is 1.92. The molecule has 0 spiro atoms. The Labute approximate surface area is 109 Å². The van der Waals surface area contributed by atoms with Gasteiger partial charge >= 0.3 is 0 Å². The van der Waals surface area contributed by atoms with Crippen LogP contribution in [0.25, 0.3) is 0 Å². The van der Waals surface area contributed by atoms with E-state index in [-0.39, 0.29) is 0 Å². The summed E-state index contributed by atoms with van der Waals surface area (Å²) in [5, 5.41) is 0. The Balaban J connectivity index is 2.96. The van der Waals surface area contributed by atoms with Gasteiger partial charge in [-0.15, -0.1) is 11.6 Å². The first-order valence-corrected chi connectivity index (χ1v) is 6.79. The van der Waals surface area contributed by atoms with Gasteiger partial charge in [0.1, 0.15) is 11.6 Å². The zero-order valence-electron chi connectivity index (χ0n) is 11.2. The Morgan fingerprint density at radius 2 is 2.06 bits per heavy atom.